The van der Waals surface area contributed by atoms with E-state index in [4.69, 9.17) is 0 Å². The van der Waals surface area contributed by atoms with E-state index >= 15 is 0 Å². The smallest absolute Gasteiger partial charge is 0.238 e. The van der Waals surface area contributed by atoms with Gasteiger partial charge in [-0.25, -0.2) is 0 Å². The molecule has 7 heteroatoms. The number of aromatic amines is 1. The van der Waals surface area contributed by atoms with Gasteiger partial charge in [-0.05, 0) is 37.4 Å². The zero-order valence-corrected chi connectivity index (χ0v) is 13.5. The predicted octanol–water partition coefficient (Wildman–Crippen LogP) is 1.46. The van der Waals surface area contributed by atoms with Crippen molar-refractivity contribution in [2.75, 3.05) is 30.9 Å². The molecule has 0 aliphatic carbocycles. The van der Waals surface area contributed by atoms with E-state index in [1.807, 2.05) is 18.0 Å². The Morgan fingerprint density at radius 1 is 1.17 bits per heavy atom. The number of H-pyrrole nitrogens is 1. The molecular weight excluding hydrogens is 294 g/mol. The summed E-state index contributed by atoms with van der Waals surface area (Å²) in [6.07, 6.45) is 1.68. The Kier molecular flexibility index (Phi) is 5.48. The monoisotopic (exact) mass is 315 g/mol. The second-order valence-corrected chi connectivity index (χ2v) is 5.43. The van der Waals surface area contributed by atoms with Crippen LogP contribution in [0.15, 0.2) is 36.5 Å². The summed E-state index contributed by atoms with van der Waals surface area (Å²) in [5.41, 5.74) is 2.44. The van der Waals surface area contributed by atoms with Gasteiger partial charge in [0.05, 0.1) is 6.54 Å². The third-order valence-corrected chi connectivity index (χ3v) is 3.42. The maximum atomic E-state index is 12.0. The summed E-state index contributed by atoms with van der Waals surface area (Å²) in [4.78, 5) is 26.8. The standard InChI is InChI=1S/C16H21N5O2/c1-12(22)21(3)15-6-4-13(5-7-15)18-16(23)11-20(2)10-14-8-9-17-19-14/h4-9H,10-11H2,1-3H3,(H,17,19)(H,18,23). The first-order chi connectivity index (χ1) is 11.0. The van der Waals surface area contributed by atoms with Gasteiger partial charge in [0.25, 0.3) is 0 Å². The number of carbonyl (C=O) groups is 2. The Morgan fingerprint density at radius 2 is 1.87 bits per heavy atom. The first-order valence-corrected chi connectivity index (χ1v) is 7.26. The van der Waals surface area contributed by atoms with Crippen LogP contribution in [0, 0.1) is 0 Å². The van der Waals surface area contributed by atoms with Gasteiger partial charge in [0.1, 0.15) is 0 Å². The molecule has 0 saturated heterocycles. The lowest BCUT2D eigenvalue weighted by Gasteiger charge is -2.17. The molecule has 1 heterocycles. The number of likely N-dealkylation sites (N-methyl/N-ethyl adjacent to an activating group) is 1. The molecule has 2 N–H and O–H groups in total. The number of anilines is 2. The molecule has 7 nitrogen and oxygen atoms in total. The second-order valence-electron chi connectivity index (χ2n) is 5.43. The highest BCUT2D eigenvalue weighted by Crippen LogP contribution is 2.17. The lowest BCUT2D eigenvalue weighted by atomic mass is 10.2. The average Bonchev–Trinajstić information content (AvgIpc) is 2.99. The molecular formula is C16H21N5O2. The normalized spacial score (nSPS) is 10.6. The third-order valence-electron chi connectivity index (χ3n) is 3.42. The molecule has 122 valence electrons. The quantitative estimate of drug-likeness (QED) is 0.845. The number of rotatable bonds is 6. The third kappa shape index (κ3) is 4.93. The highest BCUT2D eigenvalue weighted by Gasteiger charge is 2.09. The van der Waals surface area contributed by atoms with Gasteiger partial charge in [0, 0.05) is 43.8 Å². The summed E-state index contributed by atoms with van der Waals surface area (Å²) in [5.74, 6) is -0.137. The largest absolute Gasteiger partial charge is 0.325 e. The van der Waals surface area contributed by atoms with Crippen LogP contribution in [0.1, 0.15) is 12.6 Å². The van der Waals surface area contributed by atoms with Crippen molar-refractivity contribution >= 4 is 23.2 Å². The fourth-order valence-electron chi connectivity index (χ4n) is 2.12. The van der Waals surface area contributed by atoms with Gasteiger partial charge < -0.3 is 10.2 Å². The number of nitrogens with zero attached hydrogens (tertiary/aromatic N) is 3. The van der Waals surface area contributed by atoms with Gasteiger partial charge in [-0.2, -0.15) is 5.10 Å². The molecule has 0 unspecified atom stereocenters. The van der Waals surface area contributed by atoms with Crippen molar-refractivity contribution < 1.29 is 9.59 Å². The van der Waals surface area contributed by atoms with Crippen LogP contribution < -0.4 is 10.2 Å². The lowest BCUT2D eigenvalue weighted by Crippen LogP contribution is -2.30. The minimum absolute atomic E-state index is 0.0396. The van der Waals surface area contributed by atoms with Crippen LogP contribution in [0.2, 0.25) is 0 Å². The molecule has 1 aromatic carbocycles. The maximum Gasteiger partial charge on any atom is 0.238 e. The Hall–Kier alpha value is -2.67. The Labute approximate surface area is 135 Å². The molecule has 0 saturated carbocycles. The summed E-state index contributed by atoms with van der Waals surface area (Å²) in [6.45, 7) is 2.40. The van der Waals surface area contributed by atoms with Gasteiger partial charge in [-0.15, -0.1) is 0 Å². The van der Waals surface area contributed by atoms with Crippen molar-refractivity contribution in [3.05, 3.63) is 42.2 Å². The molecule has 1 aromatic heterocycles. The summed E-state index contributed by atoms with van der Waals surface area (Å²) in [6, 6.07) is 9.03. The fraction of sp³-hybridized carbons (Fsp3) is 0.312. The topological polar surface area (TPSA) is 81.3 Å². The van der Waals surface area contributed by atoms with Crippen LogP contribution in [0.5, 0.6) is 0 Å². The van der Waals surface area contributed by atoms with Crippen molar-refractivity contribution in [3.63, 3.8) is 0 Å². The van der Waals surface area contributed by atoms with Crippen LogP contribution in [-0.2, 0) is 16.1 Å². The zero-order chi connectivity index (χ0) is 16.8. The van der Waals surface area contributed by atoms with E-state index < -0.39 is 0 Å². The number of aromatic nitrogens is 2. The number of amides is 2. The molecule has 2 rings (SSSR count). The number of hydrogen-bond donors (Lipinski definition) is 2. The highest BCUT2D eigenvalue weighted by atomic mass is 16.2. The van der Waals surface area contributed by atoms with Crippen molar-refractivity contribution in [2.45, 2.75) is 13.5 Å². The molecule has 0 atom stereocenters. The summed E-state index contributed by atoms with van der Waals surface area (Å²) >= 11 is 0. The minimum Gasteiger partial charge on any atom is -0.325 e. The number of benzene rings is 1. The Bertz CT molecular complexity index is 652. The SMILES string of the molecule is CC(=O)N(C)c1ccc(NC(=O)CN(C)Cc2ccn[nH]2)cc1. The molecule has 0 fully saturated rings. The minimum atomic E-state index is -0.0975. The molecule has 23 heavy (non-hydrogen) atoms. The molecule has 0 radical (unpaired) electrons. The molecule has 2 aromatic rings. The maximum absolute atomic E-state index is 12.0. The van der Waals surface area contributed by atoms with E-state index in [2.05, 4.69) is 15.5 Å². The van der Waals surface area contributed by atoms with Gasteiger partial charge in [0.15, 0.2) is 0 Å². The highest BCUT2D eigenvalue weighted by molar-refractivity contribution is 5.93. The average molecular weight is 315 g/mol. The predicted molar refractivity (Wildman–Crippen MR) is 89.1 cm³/mol. The van der Waals surface area contributed by atoms with Gasteiger partial charge in [0.2, 0.25) is 11.8 Å². The van der Waals surface area contributed by atoms with E-state index in [-0.39, 0.29) is 18.4 Å². The van der Waals surface area contributed by atoms with Crippen molar-refractivity contribution in [2.24, 2.45) is 0 Å². The van der Waals surface area contributed by atoms with Crippen LogP contribution in [0.4, 0.5) is 11.4 Å². The van der Waals surface area contributed by atoms with Crippen LogP contribution in [0.25, 0.3) is 0 Å². The van der Waals surface area contributed by atoms with Crippen LogP contribution in [-0.4, -0.2) is 47.6 Å². The second kappa shape index (κ2) is 7.55. The van der Waals surface area contributed by atoms with Gasteiger partial charge in [-0.1, -0.05) is 0 Å². The number of nitrogens with one attached hydrogen (secondary N) is 2. The molecule has 0 spiro atoms. The van der Waals surface area contributed by atoms with E-state index in [1.165, 1.54) is 6.92 Å². The summed E-state index contributed by atoms with van der Waals surface area (Å²) in [5, 5.41) is 9.58. The summed E-state index contributed by atoms with van der Waals surface area (Å²) < 4.78 is 0. The van der Waals surface area contributed by atoms with Crippen LogP contribution in [0.3, 0.4) is 0 Å². The Morgan fingerprint density at radius 3 is 2.43 bits per heavy atom. The van der Waals surface area contributed by atoms with Gasteiger partial charge in [-0.3, -0.25) is 19.6 Å². The van der Waals surface area contributed by atoms with Gasteiger partial charge >= 0.3 is 0 Å². The fourth-order valence-corrected chi connectivity index (χ4v) is 2.12. The number of hydrogen-bond acceptors (Lipinski definition) is 4. The van der Waals surface area contributed by atoms with Crippen molar-refractivity contribution in [3.8, 4) is 0 Å². The van der Waals surface area contributed by atoms with E-state index in [1.54, 1.807) is 42.4 Å². The van der Waals surface area contributed by atoms with E-state index in [0.717, 1.165) is 11.4 Å². The molecule has 0 aliphatic rings. The number of carbonyl (C=O) groups excluding carboxylic acids is 2. The first-order valence-electron chi connectivity index (χ1n) is 7.26. The van der Waals surface area contributed by atoms with E-state index in [9.17, 15) is 9.59 Å². The summed E-state index contributed by atoms with van der Waals surface area (Å²) in [7, 11) is 3.58. The molecule has 0 aliphatic heterocycles. The van der Waals surface area contributed by atoms with Crippen LogP contribution >= 0.6 is 0 Å². The van der Waals surface area contributed by atoms with Crippen molar-refractivity contribution in [1.29, 1.82) is 0 Å². The molecule has 0 bridgehead atoms. The van der Waals surface area contributed by atoms with E-state index in [0.29, 0.717) is 12.2 Å². The first kappa shape index (κ1) is 16.7. The molecule has 2 amide bonds. The lowest BCUT2D eigenvalue weighted by molar-refractivity contribution is -0.117. The zero-order valence-electron chi connectivity index (χ0n) is 13.5. The Balaban J connectivity index is 1.86. The van der Waals surface area contributed by atoms with Crippen molar-refractivity contribution in [1.82, 2.24) is 15.1 Å².